The molecule has 5 nitrogen and oxygen atoms in total. The molecule has 1 aromatic rings. The van der Waals surface area contributed by atoms with Gasteiger partial charge in [-0.05, 0) is 20.3 Å². The minimum absolute atomic E-state index is 0.468. The van der Waals surface area contributed by atoms with E-state index in [0.29, 0.717) is 24.6 Å². The number of hydrogen-bond donors (Lipinski definition) is 1. The number of nitrogens with one attached hydrogen (secondary N) is 1. The second-order valence-corrected chi connectivity index (χ2v) is 4.94. The molecular formula is C13H22N4O. The molecule has 0 spiro atoms. The van der Waals surface area contributed by atoms with Crippen LogP contribution in [0.4, 0.5) is 5.82 Å². The van der Waals surface area contributed by atoms with Crippen LogP contribution in [-0.2, 0) is 0 Å². The lowest BCUT2D eigenvalue weighted by molar-refractivity contribution is 0.303. The highest BCUT2D eigenvalue weighted by atomic mass is 16.5. The Labute approximate surface area is 109 Å². The van der Waals surface area contributed by atoms with Crippen molar-refractivity contribution in [3.05, 3.63) is 12.4 Å². The molecule has 0 bridgehead atoms. The van der Waals surface area contributed by atoms with Crippen LogP contribution in [0.5, 0.6) is 5.88 Å². The van der Waals surface area contributed by atoms with E-state index >= 15 is 0 Å². The molecular weight excluding hydrogens is 228 g/mol. The molecule has 0 aliphatic carbocycles. The molecule has 5 heteroatoms. The molecule has 1 aliphatic heterocycles. The fourth-order valence-corrected chi connectivity index (χ4v) is 2.28. The zero-order valence-electron chi connectivity index (χ0n) is 11.4. The van der Waals surface area contributed by atoms with Gasteiger partial charge in [0.1, 0.15) is 0 Å². The zero-order chi connectivity index (χ0) is 13.0. The fraction of sp³-hybridized carbons (Fsp3) is 0.692. The number of aromatic nitrogens is 2. The highest BCUT2D eigenvalue weighted by molar-refractivity contribution is 5.38. The first-order valence-electron chi connectivity index (χ1n) is 6.65. The van der Waals surface area contributed by atoms with Crippen LogP contribution in [0.25, 0.3) is 0 Å². The van der Waals surface area contributed by atoms with E-state index in [9.17, 15) is 0 Å². The largest absolute Gasteiger partial charge is 0.477 e. The number of ether oxygens (including phenoxy) is 1. The fourth-order valence-electron chi connectivity index (χ4n) is 2.28. The minimum atomic E-state index is 0.468. The molecule has 18 heavy (non-hydrogen) atoms. The number of anilines is 1. The summed E-state index contributed by atoms with van der Waals surface area (Å²) in [7, 11) is 0. The molecule has 2 unspecified atom stereocenters. The van der Waals surface area contributed by atoms with Gasteiger partial charge in [-0.15, -0.1) is 0 Å². The third-order valence-corrected chi connectivity index (χ3v) is 2.94. The van der Waals surface area contributed by atoms with E-state index in [4.69, 9.17) is 4.74 Å². The van der Waals surface area contributed by atoms with Gasteiger partial charge in [-0.25, -0.2) is 0 Å². The van der Waals surface area contributed by atoms with Gasteiger partial charge in [-0.2, -0.15) is 4.98 Å². The summed E-state index contributed by atoms with van der Waals surface area (Å²) in [4.78, 5) is 11.0. The monoisotopic (exact) mass is 250 g/mol. The maximum absolute atomic E-state index is 5.52. The summed E-state index contributed by atoms with van der Waals surface area (Å²) < 4.78 is 5.52. The molecule has 0 radical (unpaired) electrons. The standard InChI is InChI=1S/C13H22N4O/c1-4-5-18-13-7-14-6-12(16-13)17-8-10(2)15-11(3)9-17/h6-7,10-11,15H,4-5,8-9H2,1-3H3. The smallest absolute Gasteiger partial charge is 0.234 e. The Balaban J connectivity index is 2.07. The summed E-state index contributed by atoms with van der Waals surface area (Å²) in [6.07, 6.45) is 4.46. The lowest BCUT2D eigenvalue weighted by atomic mass is 10.1. The molecule has 2 heterocycles. The highest BCUT2D eigenvalue weighted by Crippen LogP contribution is 2.17. The number of piperazine rings is 1. The van der Waals surface area contributed by atoms with E-state index in [1.807, 2.05) is 6.20 Å². The van der Waals surface area contributed by atoms with Gasteiger partial charge in [-0.3, -0.25) is 4.98 Å². The maximum atomic E-state index is 5.52. The summed E-state index contributed by atoms with van der Waals surface area (Å²) in [6.45, 7) is 9.05. The highest BCUT2D eigenvalue weighted by Gasteiger charge is 2.22. The topological polar surface area (TPSA) is 50.3 Å². The van der Waals surface area contributed by atoms with E-state index in [0.717, 1.165) is 25.3 Å². The van der Waals surface area contributed by atoms with Crippen LogP contribution in [0.3, 0.4) is 0 Å². The van der Waals surface area contributed by atoms with Crippen molar-refractivity contribution in [2.75, 3.05) is 24.6 Å². The summed E-state index contributed by atoms with van der Waals surface area (Å²) in [6, 6.07) is 0.937. The lowest BCUT2D eigenvalue weighted by Crippen LogP contribution is -2.54. The summed E-state index contributed by atoms with van der Waals surface area (Å²) in [5.41, 5.74) is 0. The minimum Gasteiger partial charge on any atom is -0.477 e. The van der Waals surface area contributed by atoms with Gasteiger partial charge < -0.3 is 15.0 Å². The predicted octanol–water partition coefficient (Wildman–Crippen LogP) is 1.45. The first-order valence-corrected chi connectivity index (χ1v) is 6.65. The quantitative estimate of drug-likeness (QED) is 0.876. The molecule has 0 aromatic carbocycles. The van der Waals surface area contributed by atoms with Crippen molar-refractivity contribution in [3.8, 4) is 5.88 Å². The average Bonchev–Trinajstić information content (AvgIpc) is 2.35. The zero-order valence-corrected chi connectivity index (χ0v) is 11.4. The summed E-state index contributed by atoms with van der Waals surface area (Å²) >= 11 is 0. The van der Waals surface area contributed by atoms with Crippen molar-refractivity contribution < 1.29 is 4.74 Å². The van der Waals surface area contributed by atoms with E-state index in [1.165, 1.54) is 0 Å². The molecule has 1 aromatic heterocycles. The summed E-state index contributed by atoms with van der Waals surface area (Å²) in [5, 5.41) is 3.51. The Morgan fingerprint density at radius 1 is 1.33 bits per heavy atom. The molecule has 1 aliphatic rings. The Bertz CT molecular complexity index is 375. The van der Waals surface area contributed by atoms with Crippen LogP contribution >= 0.6 is 0 Å². The Hall–Kier alpha value is -1.36. The van der Waals surface area contributed by atoms with Crippen LogP contribution in [0, 0.1) is 0 Å². The SMILES string of the molecule is CCCOc1cncc(N2CC(C)NC(C)C2)n1. The van der Waals surface area contributed by atoms with Crippen LogP contribution < -0.4 is 15.0 Å². The summed E-state index contributed by atoms with van der Waals surface area (Å²) in [5.74, 6) is 1.52. The van der Waals surface area contributed by atoms with Crippen LogP contribution in [0.1, 0.15) is 27.2 Å². The van der Waals surface area contributed by atoms with Gasteiger partial charge in [0, 0.05) is 25.2 Å². The normalized spacial score (nSPS) is 24.1. The van der Waals surface area contributed by atoms with Crippen LogP contribution in [0.2, 0.25) is 0 Å². The van der Waals surface area contributed by atoms with Gasteiger partial charge in [0.2, 0.25) is 5.88 Å². The molecule has 1 fully saturated rings. The number of hydrogen-bond acceptors (Lipinski definition) is 5. The van der Waals surface area contributed by atoms with Gasteiger partial charge in [0.15, 0.2) is 5.82 Å². The van der Waals surface area contributed by atoms with Crippen LogP contribution in [-0.4, -0.2) is 41.7 Å². The van der Waals surface area contributed by atoms with Crippen molar-refractivity contribution in [2.45, 2.75) is 39.3 Å². The number of rotatable bonds is 4. The third-order valence-electron chi connectivity index (χ3n) is 2.94. The van der Waals surface area contributed by atoms with Crippen LogP contribution in [0.15, 0.2) is 12.4 Å². The van der Waals surface area contributed by atoms with Crippen molar-refractivity contribution in [2.24, 2.45) is 0 Å². The molecule has 100 valence electrons. The second kappa shape index (κ2) is 6.00. The van der Waals surface area contributed by atoms with Crippen molar-refractivity contribution in [1.29, 1.82) is 0 Å². The van der Waals surface area contributed by atoms with Gasteiger partial charge >= 0.3 is 0 Å². The molecule has 1 saturated heterocycles. The second-order valence-electron chi connectivity index (χ2n) is 4.94. The third kappa shape index (κ3) is 3.32. The van der Waals surface area contributed by atoms with E-state index in [1.54, 1.807) is 6.20 Å². The van der Waals surface area contributed by atoms with E-state index in [2.05, 4.69) is 41.0 Å². The number of nitrogens with zero attached hydrogens (tertiary/aromatic N) is 3. The van der Waals surface area contributed by atoms with Gasteiger partial charge in [-0.1, -0.05) is 6.92 Å². The molecule has 2 rings (SSSR count). The molecule has 0 amide bonds. The van der Waals surface area contributed by atoms with Crippen molar-refractivity contribution in [1.82, 2.24) is 15.3 Å². The maximum Gasteiger partial charge on any atom is 0.234 e. The van der Waals surface area contributed by atoms with E-state index in [-0.39, 0.29) is 0 Å². The molecule has 1 N–H and O–H groups in total. The van der Waals surface area contributed by atoms with Gasteiger partial charge in [0.25, 0.3) is 0 Å². The van der Waals surface area contributed by atoms with Crippen molar-refractivity contribution >= 4 is 5.82 Å². The van der Waals surface area contributed by atoms with Gasteiger partial charge in [0.05, 0.1) is 19.0 Å². The van der Waals surface area contributed by atoms with E-state index < -0.39 is 0 Å². The lowest BCUT2D eigenvalue weighted by Gasteiger charge is -2.36. The molecule has 2 atom stereocenters. The Morgan fingerprint density at radius 2 is 2.06 bits per heavy atom. The molecule has 0 saturated carbocycles. The Morgan fingerprint density at radius 3 is 2.72 bits per heavy atom. The first-order chi connectivity index (χ1) is 8.69. The average molecular weight is 250 g/mol. The first kappa shape index (κ1) is 13.1. The Kier molecular flexibility index (Phi) is 4.36. The predicted molar refractivity (Wildman–Crippen MR) is 72.1 cm³/mol. The van der Waals surface area contributed by atoms with Crippen molar-refractivity contribution in [3.63, 3.8) is 0 Å².